The zero-order valence-corrected chi connectivity index (χ0v) is 13.9. The van der Waals surface area contributed by atoms with Gasteiger partial charge >= 0.3 is 5.97 Å². The van der Waals surface area contributed by atoms with E-state index >= 15 is 0 Å². The van der Waals surface area contributed by atoms with Gasteiger partial charge in [0.25, 0.3) is 5.91 Å². The van der Waals surface area contributed by atoms with E-state index in [0.717, 1.165) is 25.0 Å². The summed E-state index contributed by atoms with van der Waals surface area (Å²) in [4.78, 5) is 24.9. The molecule has 2 N–H and O–H groups in total. The van der Waals surface area contributed by atoms with Crippen molar-refractivity contribution in [2.45, 2.75) is 58.0 Å². The van der Waals surface area contributed by atoms with Crippen molar-refractivity contribution in [2.24, 2.45) is 0 Å². The van der Waals surface area contributed by atoms with Crippen LogP contribution in [0, 0.1) is 0 Å². The maximum Gasteiger partial charge on any atom is 0.317 e. The lowest BCUT2D eigenvalue weighted by atomic mass is 9.85. The van der Waals surface area contributed by atoms with E-state index in [1.165, 1.54) is 0 Å². The Hall–Kier alpha value is -1.89. The third-order valence-corrected chi connectivity index (χ3v) is 4.58. The molecule has 0 aromatic carbocycles. The summed E-state index contributed by atoms with van der Waals surface area (Å²) in [5.41, 5.74) is 0.794. The fourth-order valence-electron chi connectivity index (χ4n) is 2.77. The maximum absolute atomic E-state index is 12.1. The Balaban J connectivity index is 1.82. The van der Waals surface area contributed by atoms with E-state index in [0.29, 0.717) is 6.54 Å². The number of rotatable bonds is 8. The van der Waals surface area contributed by atoms with E-state index in [1.807, 2.05) is 18.7 Å². The number of amides is 1. The molecule has 0 unspecified atom stereocenters. The Morgan fingerprint density at radius 2 is 2.17 bits per heavy atom. The van der Waals surface area contributed by atoms with Crippen LogP contribution in [-0.4, -0.2) is 52.2 Å². The smallest absolute Gasteiger partial charge is 0.317 e. The van der Waals surface area contributed by atoms with Gasteiger partial charge in [0.15, 0.2) is 0 Å². The minimum atomic E-state index is -0.821. The molecule has 128 valence electrons. The molecule has 1 saturated carbocycles. The molecule has 1 aliphatic rings. The Bertz CT molecular complexity index is 551. The third kappa shape index (κ3) is 4.31. The topological polar surface area (TPSA) is 95.7 Å². The zero-order valence-electron chi connectivity index (χ0n) is 13.9. The summed E-state index contributed by atoms with van der Waals surface area (Å²) in [5, 5.41) is 15.7. The molecule has 2 rings (SSSR count). The van der Waals surface area contributed by atoms with Crippen molar-refractivity contribution in [1.82, 2.24) is 15.4 Å². The maximum atomic E-state index is 12.1. The van der Waals surface area contributed by atoms with Crippen LogP contribution in [-0.2, 0) is 4.79 Å². The number of aliphatic carboxylic acids is 1. The van der Waals surface area contributed by atoms with Crippen LogP contribution < -0.4 is 5.32 Å². The lowest BCUT2D eigenvalue weighted by Gasteiger charge is -2.42. The van der Waals surface area contributed by atoms with Gasteiger partial charge in [-0.2, -0.15) is 0 Å². The fourth-order valence-corrected chi connectivity index (χ4v) is 2.77. The van der Waals surface area contributed by atoms with E-state index < -0.39 is 5.97 Å². The minimum absolute atomic E-state index is 0.0439. The van der Waals surface area contributed by atoms with Crippen molar-refractivity contribution in [2.75, 3.05) is 13.1 Å². The second kappa shape index (κ2) is 7.59. The lowest BCUT2D eigenvalue weighted by Crippen LogP contribution is -2.54. The standard InChI is InChI=1S/C16H25N3O4/c1-4-10(3)13-8-14(23-18-13)16(22)17-11-6-12(7-11)19(5-2)9-15(20)21/h8,10-12H,4-7,9H2,1-3H3,(H,17,22)(H,20,21)/t10-,11?,12?/m1/s1. The second-order valence-corrected chi connectivity index (χ2v) is 6.18. The summed E-state index contributed by atoms with van der Waals surface area (Å²) in [7, 11) is 0. The number of nitrogens with one attached hydrogen (secondary N) is 1. The van der Waals surface area contributed by atoms with Crippen molar-refractivity contribution >= 4 is 11.9 Å². The largest absolute Gasteiger partial charge is 0.480 e. The summed E-state index contributed by atoms with van der Waals surface area (Å²) in [6.45, 7) is 6.78. The molecule has 1 aromatic heterocycles. The Morgan fingerprint density at radius 1 is 1.48 bits per heavy atom. The van der Waals surface area contributed by atoms with E-state index in [2.05, 4.69) is 17.4 Å². The first-order chi connectivity index (χ1) is 10.9. The third-order valence-electron chi connectivity index (χ3n) is 4.58. The Labute approximate surface area is 136 Å². The molecule has 1 atom stereocenters. The van der Waals surface area contributed by atoms with Gasteiger partial charge in [-0.05, 0) is 25.8 Å². The molecule has 7 nitrogen and oxygen atoms in total. The minimum Gasteiger partial charge on any atom is -0.480 e. The number of aromatic nitrogens is 1. The van der Waals surface area contributed by atoms with E-state index in [4.69, 9.17) is 9.63 Å². The van der Waals surface area contributed by atoms with Gasteiger partial charge in [-0.3, -0.25) is 14.5 Å². The summed E-state index contributed by atoms with van der Waals surface area (Å²) >= 11 is 0. The number of carboxylic acid groups (broad SMARTS) is 1. The predicted octanol–water partition coefficient (Wildman–Crippen LogP) is 1.86. The molecular formula is C16H25N3O4. The molecule has 0 radical (unpaired) electrons. The lowest BCUT2D eigenvalue weighted by molar-refractivity contribution is -0.139. The van der Waals surface area contributed by atoms with Crippen LogP contribution >= 0.6 is 0 Å². The molecule has 1 aromatic rings. The fraction of sp³-hybridized carbons (Fsp3) is 0.688. The van der Waals surface area contributed by atoms with Crippen LogP contribution in [0.5, 0.6) is 0 Å². The highest BCUT2D eigenvalue weighted by molar-refractivity contribution is 5.91. The first-order valence-electron chi connectivity index (χ1n) is 8.17. The Morgan fingerprint density at radius 3 is 2.74 bits per heavy atom. The molecule has 0 spiro atoms. The van der Waals surface area contributed by atoms with Gasteiger partial charge in [0.1, 0.15) is 0 Å². The van der Waals surface area contributed by atoms with Crippen LogP contribution in [0.4, 0.5) is 0 Å². The van der Waals surface area contributed by atoms with Gasteiger partial charge in [0.05, 0.1) is 12.2 Å². The molecule has 1 aliphatic carbocycles. The highest BCUT2D eigenvalue weighted by Gasteiger charge is 2.35. The van der Waals surface area contributed by atoms with Crippen molar-refractivity contribution in [3.63, 3.8) is 0 Å². The highest BCUT2D eigenvalue weighted by Crippen LogP contribution is 2.26. The molecule has 0 saturated heterocycles. The molecule has 1 amide bonds. The second-order valence-electron chi connectivity index (χ2n) is 6.18. The SMILES string of the molecule is CC[C@@H](C)c1cc(C(=O)NC2CC(N(CC)CC(=O)O)C2)on1. The van der Waals surface area contributed by atoms with Crippen LogP contribution in [0.3, 0.4) is 0 Å². The van der Waals surface area contributed by atoms with Crippen molar-refractivity contribution in [3.8, 4) is 0 Å². The zero-order chi connectivity index (χ0) is 17.0. The predicted molar refractivity (Wildman–Crippen MR) is 84.4 cm³/mol. The molecule has 7 heteroatoms. The molecule has 1 fully saturated rings. The average molecular weight is 323 g/mol. The first kappa shape index (κ1) is 17.5. The van der Waals surface area contributed by atoms with Crippen LogP contribution in [0.2, 0.25) is 0 Å². The molecule has 0 bridgehead atoms. The van der Waals surface area contributed by atoms with E-state index in [-0.39, 0.29) is 36.2 Å². The van der Waals surface area contributed by atoms with Crippen molar-refractivity contribution in [1.29, 1.82) is 0 Å². The normalized spacial score (nSPS) is 21.7. The van der Waals surface area contributed by atoms with Crippen LogP contribution in [0.25, 0.3) is 0 Å². The van der Waals surface area contributed by atoms with Crippen LogP contribution in [0.1, 0.15) is 62.2 Å². The van der Waals surface area contributed by atoms with Gasteiger partial charge in [-0.1, -0.05) is 25.9 Å². The van der Waals surface area contributed by atoms with Crippen molar-refractivity contribution < 1.29 is 19.2 Å². The summed E-state index contributed by atoms with van der Waals surface area (Å²) < 4.78 is 5.12. The number of carbonyl (C=O) groups is 2. The van der Waals surface area contributed by atoms with Gasteiger partial charge in [0.2, 0.25) is 5.76 Å². The molecule has 23 heavy (non-hydrogen) atoms. The first-order valence-corrected chi connectivity index (χ1v) is 8.17. The average Bonchev–Trinajstić information content (AvgIpc) is 2.97. The molecular weight excluding hydrogens is 298 g/mol. The van der Waals surface area contributed by atoms with Gasteiger partial charge in [-0.25, -0.2) is 0 Å². The summed E-state index contributed by atoms with van der Waals surface area (Å²) in [6, 6.07) is 1.97. The summed E-state index contributed by atoms with van der Waals surface area (Å²) in [5.74, 6) is -0.570. The van der Waals surface area contributed by atoms with E-state index in [1.54, 1.807) is 6.07 Å². The number of carbonyl (C=O) groups excluding carboxylic acids is 1. The van der Waals surface area contributed by atoms with Crippen LogP contribution in [0.15, 0.2) is 10.6 Å². The number of likely N-dealkylation sites (N-methyl/N-ethyl adjacent to an activating group) is 1. The molecule has 1 heterocycles. The number of carboxylic acids is 1. The number of nitrogens with zero attached hydrogens (tertiary/aromatic N) is 2. The van der Waals surface area contributed by atoms with Gasteiger partial charge in [0, 0.05) is 24.1 Å². The number of hydrogen-bond donors (Lipinski definition) is 2. The Kier molecular flexibility index (Phi) is 5.76. The quantitative estimate of drug-likeness (QED) is 0.758. The van der Waals surface area contributed by atoms with Gasteiger partial charge < -0.3 is 14.9 Å². The van der Waals surface area contributed by atoms with Gasteiger partial charge in [-0.15, -0.1) is 0 Å². The van der Waals surface area contributed by atoms with Crippen molar-refractivity contribution in [3.05, 3.63) is 17.5 Å². The monoisotopic (exact) mass is 323 g/mol. The number of hydrogen-bond acceptors (Lipinski definition) is 5. The van der Waals surface area contributed by atoms with E-state index in [9.17, 15) is 9.59 Å². The highest BCUT2D eigenvalue weighted by atomic mass is 16.5. The summed E-state index contributed by atoms with van der Waals surface area (Å²) in [6.07, 6.45) is 2.47. The molecule has 0 aliphatic heterocycles.